The number of aliphatic imine (C=N–C) groups is 1. The third kappa shape index (κ3) is 4.48. The third-order valence-electron chi connectivity index (χ3n) is 2.90. The summed E-state index contributed by atoms with van der Waals surface area (Å²) in [5.41, 5.74) is 0.912. The summed E-state index contributed by atoms with van der Waals surface area (Å²) in [5, 5.41) is 5.44. The molecule has 0 aromatic heterocycles. The Morgan fingerprint density at radius 1 is 1.38 bits per heavy atom. The molecule has 112 valence electrons. The zero-order valence-corrected chi connectivity index (χ0v) is 11.7. The van der Waals surface area contributed by atoms with Crippen molar-refractivity contribution < 1.29 is 19.1 Å². The number of nitrogens with one attached hydrogen (secondary N) is 2. The van der Waals surface area contributed by atoms with E-state index in [1.54, 1.807) is 0 Å². The second-order valence-corrected chi connectivity index (χ2v) is 4.42. The van der Waals surface area contributed by atoms with Gasteiger partial charge in [0.25, 0.3) is 0 Å². The largest absolute Gasteiger partial charge is 0.467 e. The van der Waals surface area contributed by atoms with E-state index >= 15 is 0 Å². The zero-order chi connectivity index (χ0) is 15.1. The Morgan fingerprint density at radius 3 is 2.86 bits per heavy atom. The summed E-state index contributed by atoms with van der Waals surface area (Å²) < 4.78 is 9.67. The lowest BCUT2D eigenvalue weighted by atomic mass is 10.2. The molecular formula is C14H17N3O4. The first kappa shape index (κ1) is 14.8. The standard InChI is InChI=1S/C14H17N3O4/c1-20-13(18)11-7-15-12(17-11)8-16-14(19)21-9-10-5-3-2-4-6-10/h2-6,11H,7-9H2,1H3,(H,15,17)(H,16,19)/t11-/m0/s1. The lowest BCUT2D eigenvalue weighted by Crippen LogP contribution is -2.42. The van der Waals surface area contributed by atoms with Crippen molar-refractivity contribution in [3.05, 3.63) is 35.9 Å². The molecule has 0 fully saturated rings. The smallest absolute Gasteiger partial charge is 0.407 e. The highest BCUT2D eigenvalue weighted by Gasteiger charge is 2.25. The molecule has 1 heterocycles. The number of amides is 1. The maximum absolute atomic E-state index is 11.5. The van der Waals surface area contributed by atoms with Crippen LogP contribution >= 0.6 is 0 Å². The summed E-state index contributed by atoms with van der Waals surface area (Å²) in [5.74, 6) is 0.155. The van der Waals surface area contributed by atoms with E-state index in [2.05, 4.69) is 20.4 Å². The number of hydrogen-bond acceptors (Lipinski definition) is 6. The van der Waals surface area contributed by atoms with Crippen molar-refractivity contribution in [2.45, 2.75) is 12.6 Å². The number of rotatable bonds is 5. The van der Waals surface area contributed by atoms with Gasteiger partial charge in [0.1, 0.15) is 18.5 Å². The van der Waals surface area contributed by atoms with E-state index in [-0.39, 0.29) is 19.1 Å². The van der Waals surface area contributed by atoms with Gasteiger partial charge < -0.3 is 20.1 Å². The molecule has 7 nitrogen and oxygen atoms in total. The summed E-state index contributed by atoms with van der Waals surface area (Å²) in [6.07, 6.45) is -0.537. The van der Waals surface area contributed by atoms with Crippen molar-refractivity contribution in [1.82, 2.24) is 10.6 Å². The first-order valence-corrected chi connectivity index (χ1v) is 6.51. The van der Waals surface area contributed by atoms with Gasteiger partial charge in [-0.05, 0) is 5.56 Å². The molecule has 0 bridgehead atoms. The molecule has 7 heteroatoms. The van der Waals surface area contributed by atoms with Gasteiger partial charge in [-0.25, -0.2) is 9.59 Å². The Morgan fingerprint density at radius 2 is 2.14 bits per heavy atom. The van der Waals surface area contributed by atoms with E-state index in [1.807, 2.05) is 30.3 Å². The minimum absolute atomic E-state index is 0.182. The van der Waals surface area contributed by atoms with Crippen LogP contribution in [0.15, 0.2) is 35.3 Å². The maximum Gasteiger partial charge on any atom is 0.407 e. The monoisotopic (exact) mass is 291 g/mol. The maximum atomic E-state index is 11.5. The van der Waals surface area contributed by atoms with Crippen molar-refractivity contribution >= 4 is 17.9 Å². The number of carbonyl (C=O) groups excluding carboxylic acids is 2. The van der Waals surface area contributed by atoms with E-state index in [9.17, 15) is 9.59 Å². The Balaban J connectivity index is 1.67. The fourth-order valence-corrected chi connectivity index (χ4v) is 1.81. The summed E-state index contributed by atoms with van der Waals surface area (Å²) >= 11 is 0. The average Bonchev–Trinajstić information content (AvgIpc) is 3.00. The van der Waals surface area contributed by atoms with Gasteiger partial charge in [0, 0.05) is 0 Å². The third-order valence-corrected chi connectivity index (χ3v) is 2.90. The van der Waals surface area contributed by atoms with Crippen molar-refractivity contribution in [2.24, 2.45) is 4.99 Å². The Hall–Kier alpha value is -2.57. The van der Waals surface area contributed by atoms with Crippen LogP contribution in [0.1, 0.15) is 5.56 Å². The number of nitrogens with zero attached hydrogens (tertiary/aromatic N) is 1. The number of amidine groups is 1. The predicted octanol–water partition coefficient (Wildman–Crippen LogP) is 0.456. The molecule has 2 rings (SSSR count). The molecular weight excluding hydrogens is 274 g/mol. The van der Waals surface area contributed by atoms with Gasteiger partial charge in [-0.2, -0.15) is 0 Å². The Labute approximate surface area is 122 Å². The van der Waals surface area contributed by atoms with E-state index < -0.39 is 12.1 Å². The predicted molar refractivity (Wildman–Crippen MR) is 75.9 cm³/mol. The normalized spacial score (nSPS) is 16.6. The van der Waals surface area contributed by atoms with Gasteiger partial charge >= 0.3 is 12.1 Å². The van der Waals surface area contributed by atoms with Crippen molar-refractivity contribution in [2.75, 3.05) is 20.2 Å². The number of alkyl carbamates (subject to hydrolysis) is 1. The fourth-order valence-electron chi connectivity index (χ4n) is 1.81. The lowest BCUT2D eigenvalue weighted by molar-refractivity contribution is -0.142. The van der Waals surface area contributed by atoms with Gasteiger partial charge in [-0.1, -0.05) is 30.3 Å². The van der Waals surface area contributed by atoms with Crippen molar-refractivity contribution in [1.29, 1.82) is 0 Å². The van der Waals surface area contributed by atoms with Crippen LogP contribution in [-0.2, 0) is 20.9 Å². The van der Waals surface area contributed by atoms with Crippen LogP contribution in [-0.4, -0.2) is 44.1 Å². The molecule has 1 aliphatic rings. The first-order chi connectivity index (χ1) is 10.2. The zero-order valence-electron chi connectivity index (χ0n) is 11.7. The highest BCUT2D eigenvalue weighted by atomic mass is 16.5. The lowest BCUT2D eigenvalue weighted by Gasteiger charge is -2.10. The van der Waals surface area contributed by atoms with Crippen LogP contribution in [0.5, 0.6) is 0 Å². The van der Waals surface area contributed by atoms with Gasteiger partial charge in [0.15, 0.2) is 0 Å². The summed E-state index contributed by atoms with van der Waals surface area (Å²) in [6.45, 7) is 0.696. The summed E-state index contributed by atoms with van der Waals surface area (Å²) in [4.78, 5) is 26.9. The van der Waals surface area contributed by atoms with Gasteiger partial charge in [0.2, 0.25) is 0 Å². The fraction of sp³-hybridized carbons (Fsp3) is 0.357. The number of ether oxygens (including phenoxy) is 2. The number of benzene rings is 1. The minimum Gasteiger partial charge on any atom is -0.467 e. The summed E-state index contributed by atoms with van der Waals surface area (Å²) in [6, 6.07) is 8.91. The quantitative estimate of drug-likeness (QED) is 0.769. The first-order valence-electron chi connectivity index (χ1n) is 6.51. The van der Waals surface area contributed by atoms with E-state index in [0.717, 1.165) is 5.56 Å². The Bertz CT molecular complexity index is 530. The molecule has 1 aromatic carbocycles. The minimum atomic E-state index is -0.537. The second-order valence-electron chi connectivity index (χ2n) is 4.42. The topological polar surface area (TPSA) is 89.0 Å². The number of methoxy groups -OCH3 is 1. The molecule has 1 aromatic rings. The van der Waals surface area contributed by atoms with Crippen LogP contribution in [0.3, 0.4) is 0 Å². The molecule has 2 N–H and O–H groups in total. The molecule has 0 radical (unpaired) electrons. The van der Waals surface area contributed by atoms with E-state index in [0.29, 0.717) is 12.4 Å². The molecule has 0 aliphatic carbocycles. The van der Waals surface area contributed by atoms with Crippen LogP contribution in [0.2, 0.25) is 0 Å². The summed E-state index contributed by atoms with van der Waals surface area (Å²) in [7, 11) is 1.32. The SMILES string of the molecule is COC(=O)[C@@H]1CN=C(CNC(=O)OCc2ccccc2)N1. The van der Waals surface area contributed by atoms with Gasteiger partial charge in [-0.15, -0.1) is 0 Å². The molecule has 21 heavy (non-hydrogen) atoms. The number of hydrogen-bond donors (Lipinski definition) is 2. The van der Waals surface area contributed by atoms with Gasteiger partial charge in [-0.3, -0.25) is 4.99 Å². The molecule has 1 atom stereocenters. The molecule has 0 saturated heterocycles. The Kier molecular flexibility index (Phi) is 5.14. The number of esters is 1. The average molecular weight is 291 g/mol. The number of carbonyl (C=O) groups is 2. The highest BCUT2D eigenvalue weighted by Crippen LogP contribution is 2.01. The van der Waals surface area contributed by atoms with Crippen molar-refractivity contribution in [3.63, 3.8) is 0 Å². The van der Waals surface area contributed by atoms with E-state index in [4.69, 9.17) is 4.74 Å². The second kappa shape index (κ2) is 7.28. The molecule has 1 amide bonds. The van der Waals surface area contributed by atoms with Crippen LogP contribution < -0.4 is 10.6 Å². The van der Waals surface area contributed by atoms with Crippen LogP contribution in [0.4, 0.5) is 4.79 Å². The molecule has 0 spiro atoms. The highest BCUT2D eigenvalue weighted by molar-refractivity contribution is 5.93. The molecule has 0 unspecified atom stereocenters. The van der Waals surface area contributed by atoms with Crippen molar-refractivity contribution in [3.8, 4) is 0 Å². The molecule has 0 saturated carbocycles. The van der Waals surface area contributed by atoms with E-state index in [1.165, 1.54) is 7.11 Å². The van der Waals surface area contributed by atoms with Gasteiger partial charge in [0.05, 0.1) is 20.2 Å². The molecule has 1 aliphatic heterocycles. The van der Waals surface area contributed by atoms with Crippen LogP contribution in [0, 0.1) is 0 Å². The van der Waals surface area contributed by atoms with Crippen LogP contribution in [0.25, 0.3) is 0 Å².